The van der Waals surface area contributed by atoms with Crippen molar-refractivity contribution < 1.29 is 0 Å². The van der Waals surface area contributed by atoms with Crippen LogP contribution in [0.3, 0.4) is 0 Å². The summed E-state index contributed by atoms with van der Waals surface area (Å²) < 4.78 is 2.17. The predicted octanol–water partition coefficient (Wildman–Crippen LogP) is 9.45. The minimum atomic E-state index is 0.0414. The highest BCUT2D eigenvalue weighted by atomic mass is 79.9. The normalized spacial score (nSPS) is 12.7. The van der Waals surface area contributed by atoms with Gasteiger partial charge in [-0.1, -0.05) is 129 Å². The summed E-state index contributed by atoms with van der Waals surface area (Å²) in [6.45, 7) is 0.0414. The molecule has 0 amide bonds. The number of benzene rings is 6. The molecule has 0 N–H and O–H groups in total. The van der Waals surface area contributed by atoms with Crippen LogP contribution in [0.2, 0.25) is 0 Å². The van der Waals surface area contributed by atoms with Gasteiger partial charge in [-0.3, -0.25) is 0 Å². The van der Waals surface area contributed by atoms with Gasteiger partial charge in [-0.15, -0.1) is 0 Å². The van der Waals surface area contributed by atoms with E-state index < -0.39 is 0 Å². The van der Waals surface area contributed by atoms with Gasteiger partial charge in [0.15, 0.2) is 0 Å². The predicted molar refractivity (Wildman–Crippen MR) is 177 cm³/mol. The maximum absolute atomic E-state index is 3.76. The average molecular weight is 639 g/mol. The van der Waals surface area contributed by atoms with Crippen LogP contribution in [0.5, 0.6) is 0 Å². The van der Waals surface area contributed by atoms with Crippen molar-refractivity contribution >= 4 is 61.0 Å². The minimum absolute atomic E-state index is 0.0414. The number of anilines is 2. The number of hydrogen-bond acceptors (Lipinski definition) is 1. The van der Waals surface area contributed by atoms with Crippen molar-refractivity contribution in [3.63, 3.8) is 0 Å². The van der Waals surface area contributed by atoms with Crippen LogP contribution in [0, 0.1) is 0 Å². The fraction of sp³-hybridized carbons (Fsp3) is 0. The maximum atomic E-state index is 3.76. The Bertz CT molecular complexity index is 1790. The van der Waals surface area contributed by atoms with E-state index in [0.29, 0.717) is 0 Å². The molecular weight excluding hydrogens is 617 g/mol. The van der Waals surface area contributed by atoms with Crippen LogP contribution < -0.4 is 15.7 Å². The number of fused-ring (bicyclic) bond motifs is 11. The van der Waals surface area contributed by atoms with Crippen LogP contribution in [-0.4, -0.2) is 6.85 Å². The molecule has 0 unspecified atom stereocenters. The second kappa shape index (κ2) is 9.37. The molecule has 1 nitrogen and oxygen atoms in total. The minimum Gasteiger partial charge on any atom is -0.376 e. The molecule has 4 heteroatoms. The Morgan fingerprint density at radius 1 is 0.400 bits per heavy atom. The molecule has 40 heavy (non-hydrogen) atoms. The fourth-order valence-corrected chi connectivity index (χ4v) is 7.13. The first-order valence-corrected chi connectivity index (χ1v) is 15.0. The molecule has 0 aliphatic carbocycles. The van der Waals surface area contributed by atoms with Crippen molar-refractivity contribution in [3.8, 4) is 44.5 Å². The zero-order valence-electron chi connectivity index (χ0n) is 21.5. The molecule has 2 heterocycles. The Balaban J connectivity index is 1.46. The Hall–Kier alpha value is -3.86. The monoisotopic (exact) mass is 637 g/mol. The molecule has 2 aliphatic heterocycles. The van der Waals surface area contributed by atoms with E-state index in [1.54, 1.807) is 0 Å². The highest BCUT2D eigenvalue weighted by Crippen LogP contribution is 2.47. The molecule has 6 aromatic rings. The lowest BCUT2D eigenvalue weighted by Crippen LogP contribution is -2.59. The first-order valence-electron chi connectivity index (χ1n) is 13.4. The summed E-state index contributed by atoms with van der Waals surface area (Å²) in [4.78, 5) is 2.55. The smallest absolute Gasteiger partial charge is 0.329 e. The molecule has 0 atom stereocenters. The maximum Gasteiger partial charge on any atom is 0.329 e. The molecule has 6 aromatic carbocycles. The highest BCUT2D eigenvalue weighted by molar-refractivity contribution is 9.10. The van der Waals surface area contributed by atoms with Gasteiger partial charge in [0, 0.05) is 31.4 Å². The van der Waals surface area contributed by atoms with E-state index in [2.05, 4.69) is 170 Å². The molecule has 0 radical (unpaired) electrons. The van der Waals surface area contributed by atoms with E-state index in [-0.39, 0.29) is 6.85 Å². The second-order valence-electron chi connectivity index (χ2n) is 10.4. The van der Waals surface area contributed by atoms with Gasteiger partial charge in [-0.2, -0.15) is 0 Å². The van der Waals surface area contributed by atoms with E-state index in [1.807, 2.05) is 0 Å². The van der Waals surface area contributed by atoms with Gasteiger partial charge in [0.1, 0.15) is 0 Å². The lowest BCUT2D eigenvalue weighted by molar-refractivity contribution is 1.34. The van der Waals surface area contributed by atoms with Crippen LogP contribution in [-0.2, 0) is 0 Å². The third-order valence-electron chi connectivity index (χ3n) is 8.18. The molecule has 0 saturated carbocycles. The number of nitrogens with zero attached hydrogens (tertiary/aromatic N) is 1. The first-order chi connectivity index (χ1) is 19.7. The van der Waals surface area contributed by atoms with E-state index >= 15 is 0 Å². The molecule has 0 aromatic heterocycles. The summed E-state index contributed by atoms with van der Waals surface area (Å²) in [5, 5.41) is 0. The zero-order valence-corrected chi connectivity index (χ0v) is 24.7. The average Bonchev–Trinajstić information content (AvgIpc) is 3.01. The Morgan fingerprint density at radius 2 is 0.850 bits per heavy atom. The molecular formula is C36H22BBr2N. The molecule has 2 aliphatic rings. The fourth-order valence-electron chi connectivity index (χ4n) is 6.41. The van der Waals surface area contributed by atoms with E-state index in [0.717, 1.165) is 8.95 Å². The molecule has 0 spiro atoms. The van der Waals surface area contributed by atoms with Crippen LogP contribution >= 0.6 is 31.9 Å². The summed E-state index contributed by atoms with van der Waals surface area (Å²) in [7, 11) is 0. The number of hydrogen-bond donors (Lipinski definition) is 0. The second-order valence-corrected chi connectivity index (χ2v) is 12.3. The van der Waals surface area contributed by atoms with Gasteiger partial charge in [-0.25, -0.2) is 0 Å². The van der Waals surface area contributed by atoms with Crippen LogP contribution in [0.1, 0.15) is 0 Å². The van der Waals surface area contributed by atoms with Gasteiger partial charge in [0.05, 0.1) is 0 Å². The molecule has 0 fully saturated rings. The van der Waals surface area contributed by atoms with Gasteiger partial charge >= 0.3 is 6.85 Å². The standard InChI is InChI=1S/C36H22BBr2N/c38-27-13-17-35-31(21-27)29-15-11-25(23-7-3-1-4-8-23)19-33(29)37-34-20-26(24-9-5-2-6-10-24)12-16-30(34)32-22-28(39)14-18-36(32)40(35)37/h1-22H. The molecule has 188 valence electrons. The van der Waals surface area contributed by atoms with Crippen molar-refractivity contribution in [3.05, 3.63) is 142 Å². The van der Waals surface area contributed by atoms with Gasteiger partial charge in [0.25, 0.3) is 0 Å². The van der Waals surface area contributed by atoms with Crippen LogP contribution in [0.4, 0.5) is 11.4 Å². The Labute approximate surface area is 251 Å². The van der Waals surface area contributed by atoms with Crippen LogP contribution in [0.25, 0.3) is 44.5 Å². The summed E-state index contributed by atoms with van der Waals surface area (Å²) in [5.41, 5.74) is 15.1. The Kier molecular flexibility index (Phi) is 5.62. The lowest BCUT2D eigenvalue weighted by atomic mass is 9.43. The molecule has 0 saturated heterocycles. The largest absolute Gasteiger partial charge is 0.376 e. The van der Waals surface area contributed by atoms with E-state index in [1.165, 1.54) is 66.8 Å². The van der Waals surface area contributed by atoms with Gasteiger partial charge in [0.2, 0.25) is 0 Å². The van der Waals surface area contributed by atoms with Crippen molar-refractivity contribution in [1.29, 1.82) is 0 Å². The SMILES string of the molecule is Brc1ccc2c(c1)-c1ccc(-c3ccccc3)cc1B1c3cc(-c4ccccc4)ccc3-c3cc(Br)ccc3N12. The third kappa shape index (κ3) is 3.74. The van der Waals surface area contributed by atoms with Crippen LogP contribution in [0.15, 0.2) is 142 Å². The van der Waals surface area contributed by atoms with Gasteiger partial charge < -0.3 is 4.81 Å². The topological polar surface area (TPSA) is 3.24 Å². The summed E-state index contributed by atoms with van der Waals surface area (Å²) in [5.74, 6) is 0. The molecule has 0 bridgehead atoms. The Morgan fingerprint density at radius 3 is 1.30 bits per heavy atom. The van der Waals surface area contributed by atoms with E-state index in [4.69, 9.17) is 0 Å². The molecule has 8 rings (SSSR count). The third-order valence-corrected chi connectivity index (χ3v) is 9.17. The van der Waals surface area contributed by atoms with Crippen molar-refractivity contribution in [1.82, 2.24) is 0 Å². The summed E-state index contributed by atoms with van der Waals surface area (Å²) in [6.07, 6.45) is 0. The first kappa shape index (κ1) is 24.0. The summed E-state index contributed by atoms with van der Waals surface area (Å²) >= 11 is 7.52. The van der Waals surface area contributed by atoms with Crippen molar-refractivity contribution in [2.75, 3.05) is 4.81 Å². The van der Waals surface area contributed by atoms with Crippen molar-refractivity contribution in [2.45, 2.75) is 0 Å². The van der Waals surface area contributed by atoms with Crippen molar-refractivity contribution in [2.24, 2.45) is 0 Å². The lowest BCUT2D eigenvalue weighted by Gasteiger charge is -2.43. The van der Waals surface area contributed by atoms with Gasteiger partial charge in [-0.05, 0) is 80.7 Å². The summed E-state index contributed by atoms with van der Waals surface area (Å²) in [6, 6.07) is 48.8. The zero-order chi connectivity index (χ0) is 26.8. The number of rotatable bonds is 2. The number of halogens is 2. The quantitative estimate of drug-likeness (QED) is 0.171. The van der Waals surface area contributed by atoms with E-state index in [9.17, 15) is 0 Å². The highest BCUT2D eigenvalue weighted by Gasteiger charge is 2.42.